The van der Waals surface area contributed by atoms with E-state index in [9.17, 15) is 4.79 Å². The number of hydrogen-bond donors (Lipinski definition) is 1. The standard InChI is InChI=1S/C19H21ClN4OS/c1-2-22-7-9-23(10-8-22)18(25)11-16-13-26-19-21-17(12-24(16)19)14-3-5-15(20)6-4-14/h3-6,12-13H,2,7-11H2,1H3/p+1. The third-order valence-electron chi connectivity index (χ3n) is 5.08. The lowest BCUT2D eigenvalue weighted by molar-refractivity contribution is -0.902. The number of quaternary nitrogens is 1. The summed E-state index contributed by atoms with van der Waals surface area (Å²) in [5.74, 6) is 0.210. The van der Waals surface area contributed by atoms with Crippen LogP contribution in [0.15, 0.2) is 35.8 Å². The summed E-state index contributed by atoms with van der Waals surface area (Å²) in [5.41, 5.74) is 2.94. The molecule has 0 atom stereocenters. The number of halogens is 1. The zero-order chi connectivity index (χ0) is 18.1. The molecule has 1 aliphatic rings. The van der Waals surface area contributed by atoms with Crippen molar-refractivity contribution in [2.75, 3.05) is 32.7 Å². The number of likely N-dealkylation sites (N-methyl/N-ethyl adjacent to an activating group) is 1. The molecule has 1 amide bonds. The topological polar surface area (TPSA) is 42.0 Å². The van der Waals surface area contributed by atoms with Gasteiger partial charge >= 0.3 is 0 Å². The van der Waals surface area contributed by atoms with E-state index in [1.807, 2.05) is 45.1 Å². The Morgan fingerprint density at radius 1 is 1.27 bits per heavy atom. The van der Waals surface area contributed by atoms with Gasteiger partial charge in [0.25, 0.3) is 0 Å². The lowest BCUT2D eigenvalue weighted by Crippen LogP contribution is -3.14. The highest BCUT2D eigenvalue weighted by atomic mass is 35.5. The quantitative estimate of drug-likeness (QED) is 0.741. The normalized spacial score (nSPS) is 15.7. The molecule has 0 bridgehead atoms. The maximum absolute atomic E-state index is 12.7. The number of carbonyl (C=O) groups is 1. The Hall–Kier alpha value is -1.89. The molecule has 136 valence electrons. The smallest absolute Gasteiger partial charge is 0.228 e. The van der Waals surface area contributed by atoms with Crippen LogP contribution in [-0.4, -0.2) is 52.9 Å². The summed E-state index contributed by atoms with van der Waals surface area (Å²) in [4.78, 5) is 21.9. The molecule has 3 heterocycles. The van der Waals surface area contributed by atoms with Gasteiger partial charge in [0, 0.05) is 27.9 Å². The monoisotopic (exact) mass is 389 g/mol. The molecule has 0 saturated carbocycles. The van der Waals surface area contributed by atoms with Crippen molar-refractivity contribution < 1.29 is 9.69 Å². The van der Waals surface area contributed by atoms with Crippen LogP contribution < -0.4 is 4.90 Å². The molecular formula is C19H22ClN4OS+. The summed E-state index contributed by atoms with van der Waals surface area (Å²) in [6, 6.07) is 7.67. The third kappa shape index (κ3) is 3.49. The van der Waals surface area contributed by atoms with Crippen molar-refractivity contribution in [2.24, 2.45) is 0 Å². The van der Waals surface area contributed by atoms with Crippen LogP contribution in [-0.2, 0) is 11.2 Å². The van der Waals surface area contributed by atoms with Crippen molar-refractivity contribution in [2.45, 2.75) is 13.3 Å². The Morgan fingerprint density at radius 3 is 2.69 bits per heavy atom. The first kappa shape index (κ1) is 17.5. The second kappa shape index (κ2) is 7.39. The highest BCUT2D eigenvalue weighted by Gasteiger charge is 2.23. The van der Waals surface area contributed by atoms with Crippen molar-refractivity contribution in [3.05, 3.63) is 46.6 Å². The van der Waals surface area contributed by atoms with E-state index in [4.69, 9.17) is 11.6 Å². The van der Waals surface area contributed by atoms with Crippen LogP contribution in [0.1, 0.15) is 12.6 Å². The van der Waals surface area contributed by atoms with Crippen molar-refractivity contribution in [3.63, 3.8) is 0 Å². The largest absolute Gasteiger partial charge is 0.332 e. The summed E-state index contributed by atoms with van der Waals surface area (Å²) < 4.78 is 2.04. The van der Waals surface area contributed by atoms with Crippen molar-refractivity contribution in [3.8, 4) is 11.3 Å². The summed E-state index contributed by atoms with van der Waals surface area (Å²) >= 11 is 7.54. The number of nitrogens with zero attached hydrogens (tertiary/aromatic N) is 3. The molecule has 1 N–H and O–H groups in total. The van der Waals surface area contributed by atoms with E-state index in [0.29, 0.717) is 11.4 Å². The van der Waals surface area contributed by atoms with Gasteiger partial charge in [0.05, 0.1) is 44.8 Å². The van der Waals surface area contributed by atoms with Crippen molar-refractivity contribution in [1.82, 2.24) is 14.3 Å². The number of thiazole rings is 1. The number of hydrogen-bond acceptors (Lipinski definition) is 3. The SMILES string of the molecule is CC[NH+]1CCN(C(=O)Cc2csc3nc(-c4ccc(Cl)cc4)cn23)CC1. The Bertz CT molecular complexity index is 909. The zero-order valence-electron chi connectivity index (χ0n) is 14.7. The fraction of sp³-hybridized carbons (Fsp3) is 0.368. The molecule has 5 nitrogen and oxygen atoms in total. The predicted octanol–water partition coefficient (Wildman–Crippen LogP) is 2.01. The summed E-state index contributed by atoms with van der Waals surface area (Å²) in [7, 11) is 0. The van der Waals surface area contributed by atoms with Gasteiger partial charge in [0.2, 0.25) is 5.91 Å². The second-order valence-corrected chi connectivity index (χ2v) is 7.95. The van der Waals surface area contributed by atoms with Gasteiger partial charge in [0.1, 0.15) is 0 Å². The minimum Gasteiger partial charge on any atom is -0.332 e. The number of amides is 1. The van der Waals surface area contributed by atoms with Crippen LogP contribution in [0, 0.1) is 0 Å². The first-order valence-corrected chi connectivity index (χ1v) is 10.2. The van der Waals surface area contributed by atoms with Gasteiger partial charge in [-0.05, 0) is 19.1 Å². The number of piperazine rings is 1. The average Bonchev–Trinajstić information content (AvgIpc) is 3.24. The highest BCUT2D eigenvalue weighted by Crippen LogP contribution is 2.25. The van der Waals surface area contributed by atoms with E-state index in [-0.39, 0.29) is 5.91 Å². The minimum absolute atomic E-state index is 0.210. The lowest BCUT2D eigenvalue weighted by Gasteiger charge is -2.31. The first-order valence-electron chi connectivity index (χ1n) is 8.97. The van der Waals surface area contributed by atoms with E-state index >= 15 is 0 Å². The van der Waals surface area contributed by atoms with Crippen LogP contribution in [0.25, 0.3) is 16.2 Å². The number of benzene rings is 1. The van der Waals surface area contributed by atoms with Gasteiger partial charge in [-0.1, -0.05) is 23.7 Å². The number of nitrogens with one attached hydrogen (secondary N) is 1. The Morgan fingerprint density at radius 2 is 2.00 bits per heavy atom. The van der Waals surface area contributed by atoms with Crippen molar-refractivity contribution >= 4 is 33.8 Å². The molecule has 0 spiro atoms. The van der Waals surface area contributed by atoms with Crippen LogP contribution >= 0.6 is 22.9 Å². The van der Waals surface area contributed by atoms with Gasteiger partial charge in [-0.2, -0.15) is 0 Å². The second-order valence-electron chi connectivity index (χ2n) is 6.67. The molecule has 0 radical (unpaired) electrons. The average molecular weight is 390 g/mol. The Labute approximate surface area is 161 Å². The van der Waals surface area contributed by atoms with Crippen LogP contribution in [0.5, 0.6) is 0 Å². The van der Waals surface area contributed by atoms with E-state index < -0.39 is 0 Å². The Balaban J connectivity index is 1.50. The highest BCUT2D eigenvalue weighted by molar-refractivity contribution is 7.15. The molecule has 7 heteroatoms. The molecule has 0 aliphatic carbocycles. The molecule has 26 heavy (non-hydrogen) atoms. The number of carbonyl (C=O) groups excluding carboxylic acids is 1. The Kier molecular flexibility index (Phi) is 4.98. The van der Waals surface area contributed by atoms with Gasteiger partial charge in [-0.3, -0.25) is 9.20 Å². The van der Waals surface area contributed by atoms with Crippen LogP contribution in [0.3, 0.4) is 0 Å². The number of imidazole rings is 1. The molecule has 4 rings (SSSR count). The first-order chi connectivity index (χ1) is 12.6. The van der Waals surface area contributed by atoms with Crippen LogP contribution in [0.2, 0.25) is 5.02 Å². The molecule has 3 aromatic rings. The van der Waals surface area contributed by atoms with Gasteiger partial charge in [0.15, 0.2) is 4.96 Å². The van der Waals surface area contributed by atoms with E-state index in [2.05, 4.69) is 11.9 Å². The maximum atomic E-state index is 12.7. The third-order valence-corrected chi connectivity index (χ3v) is 6.22. The van der Waals surface area contributed by atoms with Crippen molar-refractivity contribution in [1.29, 1.82) is 0 Å². The molecule has 1 aromatic carbocycles. The molecule has 1 fully saturated rings. The summed E-state index contributed by atoms with van der Waals surface area (Å²) in [6.45, 7) is 7.15. The molecular weight excluding hydrogens is 368 g/mol. The van der Waals surface area contributed by atoms with E-state index in [1.165, 1.54) is 0 Å². The fourth-order valence-corrected chi connectivity index (χ4v) is 4.41. The molecule has 1 saturated heterocycles. The molecule has 0 unspecified atom stereocenters. The summed E-state index contributed by atoms with van der Waals surface area (Å²) in [6.07, 6.45) is 2.44. The maximum Gasteiger partial charge on any atom is 0.228 e. The van der Waals surface area contributed by atoms with Gasteiger partial charge in [-0.15, -0.1) is 11.3 Å². The van der Waals surface area contributed by atoms with Crippen LogP contribution in [0.4, 0.5) is 0 Å². The van der Waals surface area contributed by atoms with Gasteiger partial charge in [-0.25, -0.2) is 4.98 Å². The fourth-order valence-electron chi connectivity index (χ4n) is 3.41. The molecule has 1 aliphatic heterocycles. The van der Waals surface area contributed by atoms with Gasteiger partial charge < -0.3 is 9.80 Å². The predicted molar refractivity (Wildman–Crippen MR) is 105 cm³/mol. The van der Waals surface area contributed by atoms with E-state index in [1.54, 1.807) is 16.2 Å². The number of rotatable bonds is 4. The van der Waals surface area contributed by atoms with E-state index in [0.717, 1.165) is 54.6 Å². The molecule has 2 aromatic heterocycles. The minimum atomic E-state index is 0.210. The zero-order valence-corrected chi connectivity index (χ0v) is 16.3. The number of aromatic nitrogens is 2. The number of fused-ring (bicyclic) bond motifs is 1. The summed E-state index contributed by atoms with van der Waals surface area (Å²) in [5, 5.41) is 2.76. The lowest BCUT2D eigenvalue weighted by atomic mass is 10.2.